The van der Waals surface area contributed by atoms with Gasteiger partial charge in [0, 0.05) is 11.5 Å². The Balaban J connectivity index is 2.07. The molecule has 2 aliphatic rings. The molecule has 2 fully saturated rings. The van der Waals surface area contributed by atoms with Gasteiger partial charge in [-0.2, -0.15) is 0 Å². The number of carbonyl (C=O) groups is 2. The van der Waals surface area contributed by atoms with E-state index >= 15 is 0 Å². The van der Waals surface area contributed by atoms with E-state index in [1.165, 1.54) is 0 Å². The van der Waals surface area contributed by atoms with E-state index in [4.69, 9.17) is 0 Å². The zero-order valence-electron chi connectivity index (χ0n) is 12.5. The van der Waals surface area contributed by atoms with E-state index in [1.807, 2.05) is 6.92 Å². The second kappa shape index (κ2) is 5.72. The van der Waals surface area contributed by atoms with Crippen LogP contribution in [0.5, 0.6) is 0 Å². The Morgan fingerprint density at radius 2 is 1.80 bits per heavy atom. The molecule has 0 aromatic rings. The summed E-state index contributed by atoms with van der Waals surface area (Å²) in [7, 11) is 0. The molecule has 114 valence electrons. The van der Waals surface area contributed by atoms with Crippen molar-refractivity contribution in [2.45, 2.75) is 58.4 Å². The van der Waals surface area contributed by atoms with Crippen molar-refractivity contribution >= 4 is 11.9 Å². The van der Waals surface area contributed by atoms with Crippen LogP contribution in [0.4, 0.5) is 0 Å². The standard InChI is InChI=1S/C15H26N2O3/c1-14(7-9-16-10-8-14)12(18)17-11-5-3-4-6-15(11,2)13(19)20/h11,16H,3-10H2,1-2H3,(H,17,18)(H,19,20). The van der Waals surface area contributed by atoms with Crippen molar-refractivity contribution in [3.05, 3.63) is 0 Å². The monoisotopic (exact) mass is 282 g/mol. The minimum absolute atomic E-state index is 0.0263. The van der Waals surface area contributed by atoms with Crippen LogP contribution in [0.2, 0.25) is 0 Å². The summed E-state index contributed by atoms with van der Waals surface area (Å²) >= 11 is 0. The van der Waals surface area contributed by atoms with E-state index in [0.717, 1.165) is 45.2 Å². The Bertz CT molecular complexity index is 391. The Hall–Kier alpha value is -1.10. The number of aliphatic carboxylic acids is 1. The van der Waals surface area contributed by atoms with Gasteiger partial charge in [-0.05, 0) is 45.7 Å². The predicted octanol–water partition coefficient (Wildman–Crippen LogP) is 1.53. The number of piperidine rings is 1. The number of rotatable bonds is 3. The molecule has 1 aliphatic heterocycles. The van der Waals surface area contributed by atoms with Crippen molar-refractivity contribution in [2.75, 3.05) is 13.1 Å². The molecule has 20 heavy (non-hydrogen) atoms. The van der Waals surface area contributed by atoms with Gasteiger partial charge in [-0.1, -0.05) is 19.8 Å². The fourth-order valence-corrected chi connectivity index (χ4v) is 3.36. The van der Waals surface area contributed by atoms with E-state index in [1.54, 1.807) is 6.92 Å². The Morgan fingerprint density at radius 3 is 2.40 bits per heavy atom. The van der Waals surface area contributed by atoms with E-state index in [0.29, 0.717) is 6.42 Å². The van der Waals surface area contributed by atoms with Gasteiger partial charge in [0.1, 0.15) is 0 Å². The van der Waals surface area contributed by atoms with Gasteiger partial charge >= 0.3 is 5.97 Å². The van der Waals surface area contributed by atoms with Crippen LogP contribution in [0.3, 0.4) is 0 Å². The molecule has 2 unspecified atom stereocenters. The van der Waals surface area contributed by atoms with Gasteiger partial charge in [0.25, 0.3) is 0 Å². The number of carboxylic acid groups (broad SMARTS) is 1. The fraction of sp³-hybridized carbons (Fsp3) is 0.867. The smallest absolute Gasteiger partial charge is 0.311 e. The van der Waals surface area contributed by atoms with Crippen LogP contribution in [-0.2, 0) is 9.59 Å². The van der Waals surface area contributed by atoms with E-state index in [9.17, 15) is 14.7 Å². The van der Waals surface area contributed by atoms with E-state index in [-0.39, 0.29) is 17.4 Å². The maximum atomic E-state index is 12.6. The first-order chi connectivity index (χ1) is 9.38. The van der Waals surface area contributed by atoms with Crippen molar-refractivity contribution in [1.29, 1.82) is 0 Å². The Morgan fingerprint density at radius 1 is 1.15 bits per heavy atom. The molecule has 1 amide bonds. The molecule has 5 nitrogen and oxygen atoms in total. The van der Waals surface area contributed by atoms with Crippen LogP contribution in [0.15, 0.2) is 0 Å². The molecule has 0 radical (unpaired) electrons. The first-order valence-corrected chi connectivity index (χ1v) is 7.64. The third-order valence-corrected chi connectivity index (χ3v) is 5.26. The second-order valence-electron chi connectivity index (χ2n) is 6.81. The van der Waals surface area contributed by atoms with Crippen molar-refractivity contribution < 1.29 is 14.7 Å². The number of nitrogens with one attached hydrogen (secondary N) is 2. The summed E-state index contributed by atoms with van der Waals surface area (Å²) in [5, 5.41) is 15.8. The molecular formula is C15H26N2O3. The van der Waals surface area contributed by atoms with Crippen LogP contribution in [0, 0.1) is 10.8 Å². The number of carbonyl (C=O) groups excluding carboxylic acids is 1. The van der Waals surface area contributed by atoms with Crippen LogP contribution in [-0.4, -0.2) is 36.1 Å². The molecule has 1 heterocycles. The average molecular weight is 282 g/mol. The molecule has 2 rings (SSSR count). The highest BCUT2D eigenvalue weighted by Crippen LogP contribution is 2.37. The normalized spacial score (nSPS) is 33.4. The van der Waals surface area contributed by atoms with Crippen molar-refractivity contribution in [3.63, 3.8) is 0 Å². The first kappa shape index (κ1) is 15.3. The van der Waals surface area contributed by atoms with Gasteiger partial charge in [-0.15, -0.1) is 0 Å². The number of hydrogen-bond donors (Lipinski definition) is 3. The highest BCUT2D eigenvalue weighted by atomic mass is 16.4. The molecule has 5 heteroatoms. The summed E-state index contributed by atoms with van der Waals surface area (Å²) in [6, 6.07) is -0.243. The molecule has 1 saturated heterocycles. The summed E-state index contributed by atoms with van der Waals surface area (Å²) in [6.07, 6.45) is 4.96. The van der Waals surface area contributed by atoms with Gasteiger partial charge in [-0.3, -0.25) is 9.59 Å². The number of amides is 1. The Kier molecular flexibility index (Phi) is 4.37. The topological polar surface area (TPSA) is 78.4 Å². The minimum Gasteiger partial charge on any atom is -0.481 e. The third-order valence-electron chi connectivity index (χ3n) is 5.26. The van der Waals surface area contributed by atoms with Gasteiger partial charge in [0.2, 0.25) is 5.91 Å². The molecule has 1 saturated carbocycles. The maximum Gasteiger partial charge on any atom is 0.311 e. The lowest BCUT2D eigenvalue weighted by Crippen LogP contribution is -2.56. The predicted molar refractivity (Wildman–Crippen MR) is 76.4 cm³/mol. The molecule has 0 bridgehead atoms. The first-order valence-electron chi connectivity index (χ1n) is 7.64. The maximum absolute atomic E-state index is 12.6. The lowest BCUT2D eigenvalue weighted by atomic mass is 9.71. The molecular weight excluding hydrogens is 256 g/mol. The molecule has 0 aromatic carbocycles. The van der Waals surface area contributed by atoms with Crippen LogP contribution >= 0.6 is 0 Å². The molecule has 1 aliphatic carbocycles. The summed E-state index contributed by atoms with van der Waals surface area (Å²) in [6.45, 7) is 5.46. The van der Waals surface area contributed by atoms with Crippen molar-refractivity contribution in [3.8, 4) is 0 Å². The SMILES string of the molecule is CC1(C(=O)NC2CCCCC2(C)C(=O)O)CCNCC1. The highest BCUT2D eigenvalue weighted by Gasteiger charge is 2.45. The zero-order chi connectivity index (χ0) is 14.8. The molecule has 0 spiro atoms. The van der Waals surface area contributed by atoms with Crippen molar-refractivity contribution in [2.24, 2.45) is 10.8 Å². The van der Waals surface area contributed by atoms with Gasteiger partial charge in [0.05, 0.1) is 5.41 Å². The number of carboxylic acids is 1. The van der Waals surface area contributed by atoms with Crippen molar-refractivity contribution in [1.82, 2.24) is 10.6 Å². The number of hydrogen-bond acceptors (Lipinski definition) is 3. The molecule has 0 aromatic heterocycles. The van der Waals surface area contributed by atoms with E-state index < -0.39 is 11.4 Å². The average Bonchev–Trinajstić information content (AvgIpc) is 2.42. The van der Waals surface area contributed by atoms with Gasteiger partial charge in [0.15, 0.2) is 0 Å². The molecule has 3 N–H and O–H groups in total. The summed E-state index contributed by atoms with van der Waals surface area (Å²) in [4.78, 5) is 24.1. The van der Waals surface area contributed by atoms with Crippen LogP contribution in [0.25, 0.3) is 0 Å². The highest BCUT2D eigenvalue weighted by molar-refractivity contribution is 5.84. The fourth-order valence-electron chi connectivity index (χ4n) is 3.36. The Labute approximate surface area is 120 Å². The molecule has 2 atom stereocenters. The summed E-state index contributed by atoms with van der Waals surface area (Å²) < 4.78 is 0. The minimum atomic E-state index is -0.822. The van der Waals surface area contributed by atoms with Gasteiger partial charge < -0.3 is 15.7 Å². The largest absolute Gasteiger partial charge is 0.481 e. The van der Waals surface area contributed by atoms with Crippen LogP contribution in [0.1, 0.15) is 52.4 Å². The lowest BCUT2D eigenvalue weighted by Gasteiger charge is -2.41. The van der Waals surface area contributed by atoms with E-state index in [2.05, 4.69) is 10.6 Å². The van der Waals surface area contributed by atoms with Crippen LogP contribution < -0.4 is 10.6 Å². The summed E-state index contributed by atoms with van der Waals surface area (Å²) in [5.74, 6) is -0.767. The van der Waals surface area contributed by atoms with Gasteiger partial charge in [-0.25, -0.2) is 0 Å². The lowest BCUT2D eigenvalue weighted by molar-refractivity contribution is -0.152. The second-order valence-corrected chi connectivity index (χ2v) is 6.81. The summed E-state index contributed by atoms with van der Waals surface area (Å²) in [5.41, 5.74) is -1.18. The zero-order valence-corrected chi connectivity index (χ0v) is 12.5. The quantitative estimate of drug-likeness (QED) is 0.733. The third kappa shape index (κ3) is 2.82.